The van der Waals surface area contributed by atoms with Crippen LogP contribution < -0.4 is 10.1 Å². The highest BCUT2D eigenvalue weighted by Gasteiger charge is 2.25. The van der Waals surface area contributed by atoms with Crippen molar-refractivity contribution in [1.29, 1.82) is 0 Å². The summed E-state index contributed by atoms with van der Waals surface area (Å²) in [6.45, 7) is 3.06. The van der Waals surface area contributed by atoms with Crippen molar-refractivity contribution in [1.82, 2.24) is 25.5 Å². The third-order valence-corrected chi connectivity index (χ3v) is 4.35. The average molecular weight is 345 g/mol. The smallest absolute Gasteiger partial charge is 0.245 e. The van der Waals surface area contributed by atoms with Crippen LogP contribution in [0.25, 0.3) is 0 Å². The Balaban J connectivity index is 1.74. The molecule has 3 rings (SSSR count). The number of aromatic nitrogens is 4. The fraction of sp³-hybridized carbons (Fsp3) is 0.529. The van der Waals surface area contributed by atoms with Gasteiger partial charge < -0.3 is 14.8 Å². The second-order valence-corrected chi connectivity index (χ2v) is 6.12. The van der Waals surface area contributed by atoms with E-state index >= 15 is 0 Å². The molecule has 0 spiro atoms. The molecule has 1 aromatic carbocycles. The number of hydrogen-bond acceptors (Lipinski definition) is 6. The van der Waals surface area contributed by atoms with Crippen LogP contribution >= 0.6 is 0 Å². The molecule has 1 fully saturated rings. The number of benzene rings is 1. The fourth-order valence-electron chi connectivity index (χ4n) is 2.98. The number of methoxy groups -OCH3 is 1. The highest BCUT2D eigenvalue weighted by atomic mass is 16.5. The number of amides is 1. The lowest BCUT2D eigenvalue weighted by Crippen LogP contribution is -2.38. The molecule has 1 saturated heterocycles. The Morgan fingerprint density at radius 2 is 2.40 bits per heavy atom. The van der Waals surface area contributed by atoms with Crippen molar-refractivity contribution in [2.24, 2.45) is 0 Å². The largest absolute Gasteiger partial charge is 0.497 e. The van der Waals surface area contributed by atoms with Gasteiger partial charge in [0.2, 0.25) is 5.91 Å². The molecule has 1 N–H and O–H groups in total. The van der Waals surface area contributed by atoms with Crippen molar-refractivity contribution in [2.45, 2.75) is 38.3 Å². The van der Waals surface area contributed by atoms with Crippen molar-refractivity contribution in [2.75, 3.05) is 20.3 Å². The maximum atomic E-state index is 12.8. The number of hydrogen-bond donors (Lipinski definition) is 1. The van der Waals surface area contributed by atoms with Gasteiger partial charge in [-0.15, -0.1) is 5.10 Å². The predicted molar refractivity (Wildman–Crippen MR) is 90.3 cm³/mol. The van der Waals surface area contributed by atoms with Crippen LogP contribution in [0.2, 0.25) is 0 Å². The number of ether oxygens (including phenoxy) is 2. The van der Waals surface area contributed by atoms with Gasteiger partial charge in [-0.3, -0.25) is 4.79 Å². The summed E-state index contributed by atoms with van der Waals surface area (Å²) in [5.74, 6) is 1.23. The van der Waals surface area contributed by atoms with Gasteiger partial charge in [-0.1, -0.05) is 12.1 Å². The highest BCUT2D eigenvalue weighted by molar-refractivity contribution is 5.80. The minimum absolute atomic E-state index is 0.0939. The third-order valence-electron chi connectivity index (χ3n) is 4.35. The van der Waals surface area contributed by atoms with Crippen LogP contribution in [0.4, 0.5) is 0 Å². The Bertz CT molecular complexity index is 712. The fourth-order valence-corrected chi connectivity index (χ4v) is 2.98. The maximum Gasteiger partial charge on any atom is 0.245 e. The summed E-state index contributed by atoms with van der Waals surface area (Å²) in [5, 5.41) is 14.5. The highest BCUT2D eigenvalue weighted by Crippen LogP contribution is 2.19. The molecule has 1 aliphatic rings. The third kappa shape index (κ3) is 4.33. The molecule has 2 atom stereocenters. The molecule has 134 valence electrons. The molecule has 0 bridgehead atoms. The number of rotatable bonds is 7. The van der Waals surface area contributed by atoms with E-state index in [9.17, 15) is 4.79 Å². The second-order valence-electron chi connectivity index (χ2n) is 6.12. The molecule has 2 heterocycles. The molecule has 2 aromatic rings. The first kappa shape index (κ1) is 17.3. The van der Waals surface area contributed by atoms with Gasteiger partial charge in [0.15, 0.2) is 0 Å². The van der Waals surface area contributed by atoms with Crippen molar-refractivity contribution >= 4 is 5.91 Å². The average Bonchev–Trinajstić information content (AvgIpc) is 3.29. The molecular formula is C17H23N5O3. The van der Waals surface area contributed by atoms with E-state index in [1.165, 1.54) is 0 Å². The summed E-state index contributed by atoms with van der Waals surface area (Å²) in [5.41, 5.74) is 0.978. The number of aryl methyl sites for hydroxylation is 1. The van der Waals surface area contributed by atoms with Crippen molar-refractivity contribution in [3.05, 3.63) is 35.7 Å². The van der Waals surface area contributed by atoms with E-state index in [2.05, 4.69) is 20.8 Å². The predicted octanol–water partition coefficient (Wildman–Crippen LogP) is 1.07. The summed E-state index contributed by atoms with van der Waals surface area (Å²) < 4.78 is 12.4. The van der Waals surface area contributed by atoms with Gasteiger partial charge in [0.05, 0.1) is 13.2 Å². The monoisotopic (exact) mass is 345 g/mol. The molecule has 8 nitrogen and oxygen atoms in total. The Morgan fingerprint density at radius 1 is 1.52 bits per heavy atom. The zero-order valence-corrected chi connectivity index (χ0v) is 14.5. The van der Waals surface area contributed by atoms with Crippen molar-refractivity contribution in [3.8, 4) is 5.75 Å². The van der Waals surface area contributed by atoms with Crippen LogP contribution in [0.3, 0.4) is 0 Å². The van der Waals surface area contributed by atoms with E-state index in [1.54, 1.807) is 18.7 Å². The van der Waals surface area contributed by atoms with E-state index in [0.717, 1.165) is 30.8 Å². The summed E-state index contributed by atoms with van der Waals surface area (Å²) >= 11 is 0. The zero-order chi connectivity index (χ0) is 17.6. The summed E-state index contributed by atoms with van der Waals surface area (Å²) in [7, 11) is 1.62. The maximum absolute atomic E-state index is 12.8. The van der Waals surface area contributed by atoms with E-state index in [-0.39, 0.29) is 12.0 Å². The van der Waals surface area contributed by atoms with Gasteiger partial charge in [0.1, 0.15) is 17.6 Å². The lowest BCUT2D eigenvalue weighted by molar-refractivity contribution is -0.125. The van der Waals surface area contributed by atoms with Gasteiger partial charge in [0.25, 0.3) is 0 Å². The Hall–Kier alpha value is -2.48. The number of nitrogens with one attached hydrogen (secondary N) is 1. The van der Waals surface area contributed by atoms with Crippen LogP contribution in [0.5, 0.6) is 5.75 Å². The van der Waals surface area contributed by atoms with Gasteiger partial charge in [-0.05, 0) is 47.9 Å². The van der Waals surface area contributed by atoms with Crippen LogP contribution in [0.15, 0.2) is 24.3 Å². The minimum atomic E-state index is -0.525. The molecule has 25 heavy (non-hydrogen) atoms. The molecule has 8 heteroatoms. The Kier molecular flexibility index (Phi) is 5.60. The first-order chi connectivity index (χ1) is 12.2. The first-order valence-electron chi connectivity index (χ1n) is 8.44. The van der Waals surface area contributed by atoms with Gasteiger partial charge in [-0.25, -0.2) is 4.68 Å². The number of nitrogens with zero attached hydrogens (tertiary/aromatic N) is 4. The van der Waals surface area contributed by atoms with E-state index < -0.39 is 6.04 Å². The van der Waals surface area contributed by atoms with Gasteiger partial charge >= 0.3 is 0 Å². The topological polar surface area (TPSA) is 91.2 Å². The van der Waals surface area contributed by atoms with Crippen LogP contribution in [0.1, 0.15) is 30.3 Å². The van der Waals surface area contributed by atoms with Crippen molar-refractivity contribution < 1.29 is 14.3 Å². The number of carbonyl (C=O) groups excluding carboxylic acids is 1. The normalized spacial score (nSPS) is 18.1. The van der Waals surface area contributed by atoms with E-state index in [1.807, 2.05) is 24.3 Å². The van der Waals surface area contributed by atoms with Crippen molar-refractivity contribution in [3.63, 3.8) is 0 Å². The summed E-state index contributed by atoms with van der Waals surface area (Å²) in [6.07, 6.45) is 2.59. The molecule has 0 radical (unpaired) electrons. The SMILES string of the molecule is COc1cccc(C[C@H](C(=O)NC[C@H]2CCCO2)n2nnnc2C)c1. The van der Waals surface area contributed by atoms with Crippen LogP contribution in [-0.4, -0.2) is 52.5 Å². The standard InChI is InChI=1S/C17H23N5O3/c1-12-19-20-21-22(12)16(10-13-5-3-6-14(9-13)24-2)17(23)18-11-15-7-4-8-25-15/h3,5-6,9,15-16H,4,7-8,10-11H2,1-2H3,(H,18,23)/t15-,16-/m1/s1. The quantitative estimate of drug-likeness (QED) is 0.807. The summed E-state index contributed by atoms with van der Waals surface area (Å²) in [4.78, 5) is 12.8. The molecular weight excluding hydrogens is 322 g/mol. The Morgan fingerprint density at radius 3 is 3.08 bits per heavy atom. The zero-order valence-electron chi connectivity index (χ0n) is 14.5. The number of carbonyl (C=O) groups is 1. The van der Waals surface area contributed by atoms with Crippen LogP contribution in [-0.2, 0) is 16.0 Å². The Labute approximate surface area is 146 Å². The van der Waals surface area contributed by atoms with E-state index in [4.69, 9.17) is 9.47 Å². The second kappa shape index (κ2) is 8.06. The molecule has 0 unspecified atom stereocenters. The van der Waals surface area contributed by atoms with Crippen LogP contribution in [0, 0.1) is 6.92 Å². The summed E-state index contributed by atoms with van der Waals surface area (Å²) in [6, 6.07) is 7.13. The van der Waals surface area contributed by atoms with Gasteiger partial charge in [-0.2, -0.15) is 0 Å². The first-order valence-corrected chi connectivity index (χ1v) is 8.44. The van der Waals surface area contributed by atoms with E-state index in [0.29, 0.717) is 18.8 Å². The molecule has 1 amide bonds. The molecule has 0 saturated carbocycles. The lowest BCUT2D eigenvalue weighted by Gasteiger charge is -2.19. The minimum Gasteiger partial charge on any atom is -0.497 e. The lowest BCUT2D eigenvalue weighted by atomic mass is 10.0. The van der Waals surface area contributed by atoms with Gasteiger partial charge in [0, 0.05) is 19.6 Å². The molecule has 0 aliphatic carbocycles. The molecule has 1 aliphatic heterocycles. The number of tetrazole rings is 1. The molecule has 1 aromatic heterocycles.